The second kappa shape index (κ2) is 5.23. The molecule has 0 aliphatic heterocycles. The summed E-state index contributed by atoms with van der Waals surface area (Å²) < 4.78 is 13.9. The summed E-state index contributed by atoms with van der Waals surface area (Å²) in [6.45, 7) is 0. The number of benzene rings is 2. The summed E-state index contributed by atoms with van der Waals surface area (Å²) in [5, 5.41) is 2.85. The van der Waals surface area contributed by atoms with Gasteiger partial charge in [-0.25, -0.2) is 9.37 Å². The Labute approximate surface area is 124 Å². The molecule has 3 aromatic rings. The lowest BCUT2D eigenvalue weighted by Gasteiger charge is -2.01. The first-order valence-electron chi connectivity index (χ1n) is 5.91. The Morgan fingerprint density at radius 3 is 2.65 bits per heavy atom. The molecule has 0 aliphatic rings. The van der Waals surface area contributed by atoms with E-state index in [0.29, 0.717) is 21.3 Å². The standard InChI is InChI=1S/C15H10ClFN2S/c16-9-5-6-10(12(17)7-9)15-19-14(8-20-15)11-3-1-2-4-13(11)18/h1-8H,18H2. The molecule has 2 N–H and O–H groups in total. The van der Waals surface area contributed by atoms with Gasteiger partial charge in [0.1, 0.15) is 10.8 Å². The fourth-order valence-electron chi connectivity index (χ4n) is 1.91. The number of hydrogen-bond acceptors (Lipinski definition) is 3. The number of nitrogens with zero attached hydrogens (tertiary/aromatic N) is 1. The summed E-state index contributed by atoms with van der Waals surface area (Å²) in [6.07, 6.45) is 0. The number of anilines is 1. The summed E-state index contributed by atoms with van der Waals surface area (Å²) in [6, 6.07) is 12.0. The van der Waals surface area contributed by atoms with Gasteiger partial charge in [-0.1, -0.05) is 29.8 Å². The van der Waals surface area contributed by atoms with E-state index in [0.717, 1.165) is 11.3 Å². The van der Waals surface area contributed by atoms with Crippen LogP contribution < -0.4 is 5.73 Å². The molecule has 0 fully saturated rings. The zero-order valence-corrected chi connectivity index (χ0v) is 11.9. The highest BCUT2D eigenvalue weighted by Crippen LogP contribution is 2.33. The van der Waals surface area contributed by atoms with Gasteiger partial charge in [-0.3, -0.25) is 0 Å². The monoisotopic (exact) mass is 304 g/mol. The summed E-state index contributed by atoms with van der Waals surface area (Å²) in [7, 11) is 0. The van der Waals surface area contributed by atoms with Crippen LogP contribution in [0.25, 0.3) is 21.8 Å². The molecule has 0 bridgehead atoms. The minimum absolute atomic E-state index is 0.371. The van der Waals surface area contributed by atoms with Gasteiger partial charge in [0.25, 0.3) is 0 Å². The minimum atomic E-state index is -0.376. The maximum absolute atomic E-state index is 13.9. The van der Waals surface area contributed by atoms with Gasteiger partial charge in [0, 0.05) is 27.2 Å². The molecule has 0 amide bonds. The van der Waals surface area contributed by atoms with Crippen molar-refractivity contribution in [2.24, 2.45) is 0 Å². The van der Waals surface area contributed by atoms with Crippen LogP contribution in [0.2, 0.25) is 5.02 Å². The van der Waals surface area contributed by atoms with Crippen LogP contribution in [0.4, 0.5) is 10.1 Å². The fraction of sp³-hybridized carbons (Fsp3) is 0. The maximum atomic E-state index is 13.9. The van der Waals surface area contributed by atoms with Crippen LogP contribution in [-0.2, 0) is 0 Å². The Balaban J connectivity index is 2.04. The van der Waals surface area contributed by atoms with E-state index in [1.54, 1.807) is 12.1 Å². The van der Waals surface area contributed by atoms with Crippen molar-refractivity contribution in [3.05, 3.63) is 58.7 Å². The third-order valence-electron chi connectivity index (χ3n) is 2.90. The van der Waals surface area contributed by atoms with Gasteiger partial charge < -0.3 is 5.73 Å². The number of rotatable bonds is 2. The highest BCUT2D eigenvalue weighted by Gasteiger charge is 2.12. The van der Waals surface area contributed by atoms with E-state index < -0.39 is 0 Å². The molecule has 0 atom stereocenters. The van der Waals surface area contributed by atoms with Crippen molar-refractivity contribution in [1.82, 2.24) is 4.98 Å². The molecule has 2 nitrogen and oxygen atoms in total. The van der Waals surface area contributed by atoms with Gasteiger partial charge in [0.05, 0.1) is 5.69 Å². The third kappa shape index (κ3) is 2.40. The Morgan fingerprint density at radius 2 is 1.90 bits per heavy atom. The molecule has 100 valence electrons. The van der Waals surface area contributed by atoms with Crippen molar-refractivity contribution < 1.29 is 4.39 Å². The molecule has 0 radical (unpaired) electrons. The van der Waals surface area contributed by atoms with Crippen LogP contribution in [0.5, 0.6) is 0 Å². The first-order chi connectivity index (χ1) is 9.65. The van der Waals surface area contributed by atoms with Crippen LogP contribution in [0, 0.1) is 5.82 Å². The maximum Gasteiger partial charge on any atom is 0.134 e. The van der Waals surface area contributed by atoms with Gasteiger partial charge in [-0.05, 0) is 24.3 Å². The third-order valence-corrected chi connectivity index (χ3v) is 4.01. The average Bonchev–Trinajstić information content (AvgIpc) is 2.88. The van der Waals surface area contributed by atoms with Gasteiger partial charge >= 0.3 is 0 Å². The minimum Gasteiger partial charge on any atom is -0.398 e. The fourth-order valence-corrected chi connectivity index (χ4v) is 2.92. The van der Waals surface area contributed by atoms with Crippen molar-refractivity contribution in [3.8, 4) is 21.8 Å². The van der Waals surface area contributed by atoms with E-state index in [2.05, 4.69) is 4.98 Å². The van der Waals surface area contributed by atoms with Crippen molar-refractivity contribution in [3.63, 3.8) is 0 Å². The van der Waals surface area contributed by atoms with Crippen molar-refractivity contribution in [1.29, 1.82) is 0 Å². The molecule has 1 heterocycles. The Bertz CT molecular complexity index is 770. The van der Waals surface area contributed by atoms with Gasteiger partial charge in [0.15, 0.2) is 0 Å². The van der Waals surface area contributed by atoms with Crippen molar-refractivity contribution in [2.45, 2.75) is 0 Å². The van der Waals surface area contributed by atoms with Crippen LogP contribution in [0.3, 0.4) is 0 Å². The number of nitrogens with two attached hydrogens (primary N) is 1. The molecular formula is C15H10ClFN2S. The largest absolute Gasteiger partial charge is 0.398 e. The normalized spacial score (nSPS) is 10.7. The molecule has 2 aromatic carbocycles. The van der Waals surface area contributed by atoms with E-state index in [9.17, 15) is 4.39 Å². The quantitative estimate of drug-likeness (QED) is 0.687. The van der Waals surface area contributed by atoms with Crippen LogP contribution in [0.15, 0.2) is 47.8 Å². The number of nitrogen functional groups attached to an aromatic ring is 1. The van der Waals surface area contributed by atoms with Gasteiger partial charge in [-0.2, -0.15) is 0 Å². The summed E-state index contributed by atoms with van der Waals surface area (Å²) in [5.41, 5.74) is 8.62. The average molecular weight is 305 g/mol. The predicted octanol–water partition coefficient (Wildman–Crippen LogP) is 4.85. The Morgan fingerprint density at radius 1 is 1.10 bits per heavy atom. The number of thiazole rings is 1. The van der Waals surface area contributed by atoms with E-state index in [1.807, 2.05) is 29.6 Å². The molecule has 0 unspecified atom stereocenters. The lowest BCUT2D eigenvalue weighted by molar-refractivity contribution is 0.631. The summed E-state index contributed by atoms with van der Waals surface area (Å²) in [4.78, 5) is 4.46. The van der Waals surface area contributed by atoms with Crippen LogP contribution >= 0.6 is 22.9 Å². The number of para-hydroxylation sites is 1. The second-order valence-electron chi connectivity index (χ2n) is 4.25. The number of halogens is 2. The van der Waals surface area contributed by atoms with E-state index >= 15 is 0 Å². The molecule has 3 rings (SSSR count). The van der Waals surface area contributed by atoms with Crippen LogP contribution in [-0.4, -0.2) is 4.98 Å². The van der Waals surface area contributed by atoms with Gasteiger partial charge in [-0.15, -0.1) is 11.3 Å². The molecule has 0 spiro atoms. The molecule has 0 saturated heterocycles. The SMILES string of the molecule is Nc1ccccc1-c1csc(-c2ccc(Cl)cc2F)n1. The predicted molar refractivity (Wildman–Crippen MR) is 82.4 cm³/mol. The summed E-state index contributed by atoms with van der Waals surface area (Å²) >= 11 is 7.13. The highest BCUT2D eigenvalue weighted by atomic mass is 35.5. The summed E-state index contributed by atoms with van der Waals surface area (Å²) in [5.74, 6) is -0.376. The first kappa shape index (κ1) is 13.1. The van der Waals surface area contributed by atoms with Crippen molar-refractivity contribution >= 4 is 28.6 Å². The number of aromatic nitrogens is 1. The molecule has 5 heteroatoms. The van der Waals surface area contributed by atoms with E-state index in [4.69, 9.17) is 17.3 Å². The second-order valence-corrected chi connectivity index (χ2v) is 5.54. The number of hydrogen-bond donors (Lipinski definition) is 1. The topological polar surface area (TPSA) is 38.9 Å². The molecule has 0 aliphatic carbocycles. The van der Waals surface area contributed by atoms with E-state index in [-0.39, 0.29) is 5.82 Å². The Hall–Kier alpha value is -1.91. The van der Waals surface area contributed by atoms with Gasteiger partial charge in [0.2, 0.25) is 0 Å². The smallest absolute Gasteiger partial charge is 0.134 e. The lowest BCUT2D eigenvalue weighted by atomic mass is 10.1. The molecule has 0 saturated carbocycles. The zero-order valence-electron chi connectivity index (χ0n) is 10.3. The molecular weight excluding hydrogens is 295 g/mol. The Kier molecular flexibility index (Phi) is 3.42. The van der Waals surface area contributed by atoms with Crippen LogP contribution in [0.1, 0.15) is 0 Å². The molecule has 20 heavy (non-hydrogen) atoms. The van der Waals surface area contributed by atoms with Crippen molar-refractivity contribution in [2.75, 3.05) is 5.73 Å². The lowest BCUT2D eigenvalue weighted by Crippen LogP contribution is -1.89. The first-order valence-corrected chi connectivity index (χ1v) is 7.17. The highest BCUT2D eigenvalue weighted by molar-refractivity contribution is 7.13. The van der Waals surface area contributed by atoms with E-state index in [1.165, 1.54) is 17.4 Å². The molecule has 1 aromatic heterocycles. The zero-order chi connectivity index (χ0) is 14.1.